The van der Waals surface area contributed by atoms with Gasteiger partial charge in [-0.3, -0.25) is 4.40 Å². The summed E-state index contributed by atoms with van der Waals surface area (Å²) < 4.78 is 1.77. The number of benzene rings is 1. The zero-order chi connectivity index (χ0) is 16.0. The molecule has 1 aromatic carbocycles. The van der Waals surface area contributed by atoms with Crippen molar-refractivity contribution in [1.82, 2.24) is 14.4 Å². The molecule has 6 nitrogen and oxygen atoms in total. The zero-order valence-corrected chi connectivity index (χ0v) is 13.5. The number of thioether (sulfide) groups is 1. The highest BCUT2D eigenvalue weighted by molar-refractivity contribution is 7.99. The van der Waals surface area contributed by atoms with Gasteiger partial charge in [0, 0.05) is 30.0 Å². The third-order valence-electron chi connectivity index (χ3n) is 4.20. The summed E-state index contributed by atoms with van der Waals surface area (Å²) in [5.74, 6) is 1.94. The number of hydrogen-bond acceptors (Lipinski definition) is 5. The summed E-state index contributed by atoms with van der Waals surface area (Å²) in [5, 5.41) is 10.4. The molecule has 0 unspecified atom stereocenters. The molecule has 0 bridgehead atoms. The number of nitrogens with zero attached hydrogens (tertiary/aromatic N) is 4. The molecule has 3 aromatic rings. The molecule has 23 heavy (non-hydrogen) atoms. The fourth-order valence-corrected chi connectivity index (χ4v) is 3.98. The van der Waals surface area contributed by atoms with Crippen molar-refractivity contribution < 1.29 is 9.90 Å². The maximum atomic E-state index is 11.4. The minimum atomic E-state index is -1.05. The van der Waals surface area contributed by atoms with Gasteiger partial charge in [0.25, 0.3) is 0 Å². The van der Waals surface area contributed by atoms with Gasteiger partial charge in [-0.15, -0.1) is 0 Å². The molecule has 0 spiro atoms. The highest BCUT2D eigenvalue weighted by Gasteiger charge is 2.22. The third-order valence-corrected chi connectivity index (χ3v) is 5.14. The molecular formula is C16H16N4O2S. The van der Waals surface area contributed by atoms with Crippen molar-refractivity contribution in [3.63, 3.8) is 0 Å². The number of aromatic nitrogens is 3. The Morgan fingerprint density at radius 1 is 1.30 bits per heavy atom. The van der Waals surface area contributed by atoms with Gasteiger partial charge < -0.3 is 10.0 Å². The number of rotatable bonds is 2. The van der Waals surface area contributed by atoms with E-state index < -0.39 is 5.97 Å². The fraction of sp³-hybridized carbons (Fsp3) is 0.312. The van der Waals surface area contributed by atoms with Gasteiger partial charge in [-0.2, -0.15) is 11.8 Å². The van der Waals surface area contributed by atoms with E-state index in [9.17, 15) is 9.90 Å². The molecule has 7 heteroatoms. The summed E-state index contributed by atoms with van der Waals surface area (Å²) in [6.07, 6.45) is 1.55. The Morgan fingerprint density at radius 3 is 2.83 bits per heavy atom. The fourth-order valence-electron chi connectivity index (χ4n) is 3.08. The predicted octanol–water partition coefficient (Wildman–Crippen LogP) is 2.44. The van der Waals surface area contributed by atoms with Crippen molar-refractivity contribution in [1.29, 1.82) is 0 Å². The molecule has 0 radical (unpaired) electrons. The Kier molecular flexibility index (Phi) is 3.37. The highest BCUT2D eigenvalue weighted by Crippen LogP contribution is 2.31. The van der Waals surface area contributed by atoms with Gasteiger partial charge in [-0.25, -0.2) is 14.8 Å². The number of carboxylic acids is 1. The van der Waals surface area contributed by atoms with Crippen molar-refractivity contribution in [2.45, 2.75) is 6.92 Å². The summed E-state index contributed by atoms with van der Waals surface area (Å²) in [7, 11) is 0. The Balaban J connectivity index is 2.08. The van der Waals surface area contributed by atoms with Crippen molar-refractivity contribution >= 4 is 40.1 Å². The molecule has 3 heterocycles. The summed E-state index contributed by atoms with van der Waals surface area (Å²) in [6, 6.07) is 6.03. The van der Waals surface area contributed by atoms with Crippen LogP contribution in [0.3, 0.4) is 0 Å². The molecule has 1 N–H and O–H groups in total. The summed E-state index contributed by atoms with van der Waals surface area (Å²) in [5.41, 5.74) is 2.49. The second-order valence-corrected chi connectivity index (χ2v) is 6.82. The van der Waals surface area contributed by atoms with E-state index in [0.717, 1.165) is 46.9 Å². The Labute approximate surface area is 137 Å². The van der Waals surface area contributed by atoms with Gasteiger partial charge >= 0.3 is 5.97 Å². The molecule has 1 aliphatic rings. The second-order valence-electron chi connectivity index (χ2n) is 5.60. The van der Waals surface area contributed by atoms with Crippen LogP contribution in [0.4, 0.5) is 5.82 Å². The predicted molar refractivity (Wildman–Crippen MR) is 91.7 cm³/mol. The molecule has 2 aromatic heterocycles. The van der Waals surface area contributed by atoms with Crippen LogP contribution in [0.25, 0.3) is 16.6 Å². The van der Waals surface area contributed by atoms with Crippen LogP contribution in [0.5, 0.6) is 0 Å². The first-order valence-corrected chi connectivity index (χ1v) is 8.64. The van der Waals surface area contributed by atoms with Gasteiger partial charge in [-0.05, 0) is 18.6 Å². The van der Waals surface area contributed by atoms with E-state index in [1.54, 1.807) is 10.7 Å². The molecule has 1 saturated heterocycles. The molecule has 0 atom stereocenters. The van der Waals surface area contributed by atoms with E-state index in [4.69, 9.17) is 4.98 Å². The lowest BCUT2D eigenvalue weighted by Gasteiger charge is -2.29. The molecule has 0 amide bonds. The average molecular weight is 328 g/mol. The Bertz CT molecular complexity index is 915. The topological polar surface area (TPSA) is 70.7 Å². The van der Waals surface area contributed by atoms with Gasteiger partial charge in [0.15, 0.2) is 11.3 Å². The molecule has 0 saturated carbocycles. The highest BCUT2D eigenvalue weighted by atomic mass is 32.2. The summed E-state index contributed by atoms with van der Waals surface area (Å²) >= 11 is 1.94. The first kappa shape index (κ1) is 14.3. The van der Waals surface area contributed by atoms with Gasteiger partial charge in [-0.1, -0.05) is 12.1 Å². The van der Waals surface area contributed by atoms with E-state index in [1.165, 1.54) is 0 Å². The van der Waals surface area contributed by atoms with Crippen molar-refractivity contribution in [3.05, 3.63) is 35.8 Å². The molecule has 1 fully saturated rings. The van der Waals surface area contributed by atoms with Crippen LogP contribution in [-0.2, 0) is 0 Å². The lowest BCUT2D eigenvalue weighted by atomic mass is 10.1. The van der Waals surface area contributed by atoms with Gasteiger partial charge in [0.2, 0.25) is 0 Å². The van der Waals surface area contributed by atoms with Crippen LogP contribution >= 0.6 is 11.8 Å². The molecule has 4 rings (SSSR count). The summed E-state index contributed by atoms with van der Waals surface area (Å²) in [4.78, 5) is 22.4. The SMILES string of the molecule is Cc1cccc2c1c(N1CCSCC1)nc1c(C(=O)O)ncn12. The summed E-state index contributed by atoms with van der Waals surface area (Å²) in [6.45, 7) is 3.91. The molecular weight excluding hydrogens is 312 g/mol. The first-order valence-electron chi connectivity index (χ1n) is 7.49. The number of carboxylic acid groups (broad SMARTS) is 1. The van der Waals surface area contributed by atoms with Crippen LogP contribution in [0.1, 0.15) is 16.1 Å². The first-order chi connectivity index (χ1) is 11.2. The smallest absolute Gasteiger partial charge is 0.358 e. The average Bonchev–Trinajstić information content (AvgIpc) is 2.99. The van der Waals surface area contributed by atoms with E-state index in [0.29, 0.717) is 5.65 Å². The van der Waals surface area contributed by atoms with E-state index in [1.807, 2.05) is 23.9 Å². The van der Waals surface area contributed by atoms with Gasteiger partial charge in [0.1, 0.15) is 12.1 Å². The second kappa shape index (κ2) is 5.42. The zero-order valence-electron chi connectivity index (χ0n) is 12.7. The minimum absolute atomic E-state index is 0.000963. The number of anilines is 1. The standard InChI is InChI=1S/C16H16N4O2S/c1-10-3-2-4-11-12(10)14(19-5-7-23-8-6-19)18-15-13(16(21)22)17-9-20(11)15/h2-4,9H,5-8H2,1H3,(H,21,22). The maximum Gasteiger partial charge on any atom is 0.358 e. The number of fused-ring (bicyclic) bond motifs is 3. The lowest BCUT2D eigenvalue weighted by molar-refractivity contribution is 0.0693. The van der Waals surface area contributed by atoms with E-state index >= 15 is 0 Å². The normalized spacial score (nSPS) is 15.4. The van der Waals surface area contributed by atoms with E-state index in [2.05, 4.69) is 22.9 Å². The van der Waals surface area contributed by atoms with Gasteiger partial charge in [0.05, 0.1) is 5.52 Å². The quantitative estimate of drug-likeness (QED) is 0.779. The van der Waals surface area contributed by atoms with Crippen LogP contribution in [0.15, 0.2) is 24.5 Å². The van der Waals surface area contributed by atoms with E-state index in [-0.39, 0.29) is 5.69 Å². The number of aryl methyl sites for hydroxylation is 1. The number of hydrogen-bond donors (Lipinski definition) is 1. The Hall–Kier alpha value is -2.28. The number of imidazole rings is 1. The van der Waals surface area contributed by atoms with Crippen molar-refractivity contribution in [2.75, 3.05) is 29.5 Å². The van der Waals surface area contributed by atoms with Crippen LogP contribution in [-0.4, -0.2) is 50.0 Å². The maximum absolute atomic E-state index is 11.4. The van der Waals surface area contributed by atoms with Crippen LogP contribution < -0.4 is 4.90 Å². The Morgan fingerprint density at radius 2 is 2.09 bits per heavy atom. The largest absolute Gasteiger partial charge is 0.476 e. The van der Waals surface area contributed by atoms with Crippen molar-refractivity contribution in [2.24, 2.45) is 0 Å². The number of carbonyl (C=O) groups is 1. The molecule has 118 valence electrons. The molecule has 1 aliphatic heterocycles. The third kappa shape index (κ3) is 2.23. The monoisotopic (exact) mass is 328 g/mol. The number of aromatic carboxylic acids is 1. The lowest BCUT2D eigenvalue weighted by Crippen LogP contribution is -2.33. The minimum Gasteiger partial charge on any atom is -0.476 e. The van der Waals surface area contributed by atoms with Crippen molar-refractivity contribution in [3.8, 4) is 0 Å². The van der Waals surface area contributed by atoms with Crippen LogP contribution in [0, 0.1) is 6.92 Å². The van der Waals surface area contributed by atoms with Crippen LogP contribution in [0.2, 0.25) is 0 Å². The molecule has 0 aliphatic carbocycles.